The number of carbonyl (C=O) groups excluding carboxylic acids is 5. The summed E-state index contributed by atoms with van der Waals surface area (Å²) < 4.78 is 31.5. The van der Waals surface area contributed by atoms with Crippen LogP contribution in [0.4, 0.5) is 4.79 Å². The average Bonchev–Trinajstić information content (AvgIpc) is 2.96. The molecule has 42 heavy (non-hydrogen) atoms. The number of rotatable bonds is 11. The fourth-order valence-corrected chi connectivity index (χ4v) is 4.97. The summed E-state index contributed by atoms with van der Waals surface area (Å²) in [6.07, 6.45) is -1.80. The van der Waals surface area contributed by atoms with Crippen molar-refractivity contribution < 1.29 is 52.4 Å². The lowest BCUT2D eigenvalue weighted by Crippen LogP contribution is -2.60. The summed E-state index contributed by atoms with van der Waals surface area (Å²) in [6, 6.07) is 2.44. The number of carbonyl (C=O) groups is 5. The lowest BCUT2D eigenvalue weighted by Gasteiger charge is -2.42. The number of esters is 2. The van der Waals surface area contributed by atoms with Crippen molar-refractivity contribution in [2.45, 2.75) is 51.2 Å². The van der Waals surface area contributed by atoms with Crippen LogP contribution in [0.2, 0.25) is 0 Å². The Kier molecular flexibility index (Phi) is 11.2. The van der Waals surface area contributed by atoms with Gasteiger partial charge in [0.1, 0.15) is 17.4 Å². The Labute approximate surface area is 245 Å². The molecule has 2 atom stereocenters. The highest BCUT2D eigenvalue weighted by molar-refractivity contribution is 6.05. The van der Waals surface area contributed by atoms with Gasteiger partial charge in [0, 0.05) is 38.8 Å². The van der Waals surface area contributed by atoms with Gasteiger partial charge in [-0.1, -0.05) is 18.2 Å². The predicted molar refractivity (Wildman–Crippen MR) is 149 cm³/mol. The molecule has 0 aliphatic carbocycles. The van der Waals surface area contributed by atoms with Crippen molar-refractivity contribution in [3.63, 3.8) is 0 Å². The highest BCUT2D eigenvalue weighted by Gasteiger charge is 2.59. The summed E-state index contributed by atoms with van der Waals surface area (Å²) >= 11 is 0. The predicted octanol–water partition coefficient (Wildman–Crippen LogP) is 2.52. The number of fused-ring (bicyclic) bond motifs is 1. The Balaban J connectivity index is 2.80. The van der Waals surface area contributed by atoms with Crippen molar-refractivity contribution in [3.05, 3.63) is 42.0 Å². The first-order chi connectivity index (χ1) is 19.7. The molecular formula is C29H40N2O11. The van der Waals surface area contributed by atoms with Crippen LogP contribution in [-0.4, -0.2) is 107 Å². The van der Waals surface area contributed by atoms with E-state index < -0.39 is 72.1 Å². The Bertz CT molecular complexity index is 1190. The third-order valence-electron chi connectivity index (χ3n) is 6.92. The van der Waals surface area contributed by atoms with Gasteiger partial charge in [-0.25, -0.2) is 4.79 Å². The molecule has 1 heterocycles. The number of benzene rings is 1. The zero-order chi connectivity index (χ0) is 32.0. The molecular weight excluding hydrogens is 552 g/mol. The molecule has 1 aromatic rings. The Hall–Kier alpha value is -3.97. The molecule has 0 bridgehead atoms. The Morgan fingerprint density at radius 3 is 2.07 bits per heavy atom. The number of hydrogen-bond donors (Lipinski definition) is 0. The molecule has 2 rings (SSSR count). The highest BCUT2D eigenvalue weighted by Crippen LogP contribution is 2.40. The molecule has 0 N–H and O–H groups in total. The van der Waals surface area contributed by atoms with Crippen LogP contribution in [0.5, 0.6) is 5.75 Å². The minimum absolute atomic E-state index is 0.345. The van der Waals surface area contributed by atoms with Crippen LogP contribution in [0.1, 0.15) is 49.2 Å². The van der Waals surface area contributed by atoms with Crippen molar-refractivity contribution in [1.82, 2.24) is 9.80 Å². The smallest absolute Gasteiger partial charge is 0.410 e. The highest BCUT2D eigenvalue weighted by atomic mass is 16.7. The van der Waals surface area contributed by atoms with Gasteiger partial charge in [0.2, 0.25) is 11.3 Å². The number of amides is 2. The van der Waals surface area contributed by atoms with Gasteiger partial charge in [-0.3, -0.25) is 24.1 Å². The van der Waals surface area contributed by atoms with Crippen LogP contribution in [0, 0.1) is 5.41 Å². The monoisotopic (exact) mass is 592 g/mol. The Morgan fingerprint density at radius 2 is 1.62 bits per heavy atom. The molecule has 0 spiro atoms. The van der Waals surface area contributed by atoms with Crippen LogP contribution in [0.3, 0.4) is 0 Å². The van der Waals surface area contributed by atoms with Crippen molar-refractivity contribution in [3.8, 4) is 5.75 Å². The fraction of sp³-hybridized carbons (Fsp3) is 0.552. The maximum atomic E-state index is 14.5. The number of ether oxygens (including phenoxy) is 6. The summed E-state index contributed by atoms with van der Waals surface area (Å²) in [5, 5.41) is 0. The van der Waals surface area contributed by atoms with Gasteiger partial charge in [-0.05, 0) is 26.8 Å². The molecule has 0 saturated heterocycles. The summed E-state index contributed by atoms with van der Waals surface area (Å²) in [5.41, 5.74) is -2.60. The van der Waals surface area contributed by atoms with Gasteiger partial charge in [-0.15, -0.1) is 6.58 Å². The van der Waals surface area contributed by atoms with E-state index in [1.165, 1.54) is 39.4 Å². The first-order valence-corrected chi connectivity index (χ1v) is 13.0. The topological polar surface area (TPSA) is 147 Å². The number of nitrogens with zero attached hydrogens (tertiary/aromatic N) is 2. The Morgan fingerprint density at radius 1 is 1.05 bits per heavy atom. The average molecular weight is 593 g/mol. The van der Waals surface area contributed by atoms with E-state index in [0.29, 0.717) is 16.9 Å². The third-order valence-corrected chi connectivity index (χ3v) is 6.92. The van der Waals surface area contributed by atoms with Gasteiger partial charge in [0.05, 0.1) is 33.9 Å². The molecule has 13 heteroatoms. The number of likely N-dealkylation sites (N-methyl/N-ethyl adjacent to an activating group) is 1. The van der Waals surface area contributed by atoms with Gasteiger partial charge in [0.25, 0.3) is 0 Å². The van der Waals surface area contributed by atoms with Crippen LogP contribution in [0.15, 0.2) is 30.9 Å². The molecule has 2 amide bonds. The second-order valence-electron chi connectivity index (χ2n) is 10.6. The van der Waals surface area contributed by atoms with Crippen molar-refractivity contribution in [2.24, 2.45) is 5.41 Å². The molecule has 0 radical (unpaired) electrons. The summed E-state index contributed by atoms with van der Waals surface area (Å²) in [5.74, 6) is -3.13. The van der Waals surface area contributed by atoms with E-state index in [1.807, 2.05) is 0 Å². The minimum Gasteiger partial charge on any atom is -0.496 e. The van der Waals surface area contributed by atoms with E-state index in [-0.39, 0.29) is 0 Å². The van der Waals surface area contributed by atoms with E-state index in [2.05, 4.69) is 6.58 Å². The first-order valence-electron chi connectivity index (χ1n) is 13.0. The molecule has 232 valence electrons. The van der Waals surface area contributed by atoms with Crippen LogP contribution < -0.4 is 4.74 Å². The quantitative estimate of drug-likeness (QED) is 0.123. The fourth-order valence-electron chi connectivity index (χ4n) is 4.97. The first kappa shape index (κ1) is 34.2. The maximum Gasteiger partial charge on any atom is 0.410 e. The zero-order valence-corrected chi connectivity index (χ0v) is 25.5. The van der Waals surface area contributed by atoms with Crippen LogP contribution in [-0.2, 0) is 38.1 Å². The molecule has 0 unspecified atom stereocenters. The van der Waals surface area contributed by atoms with Crippen molar-refractivity contribution >= 4 is 29.7 Å². The largest absolute Gasteiger partial charge is 0.496 e. The number of Topliss-reactive ketones (excluding diaryl/α,β-unsaturated/α-hetero) is 1. The van der Waals surface area contributed by atoms with E-state index in [1.54, 1.807) is 39.0 Å². The van der Waals surface area contributed by atoms with Crippen LogP contribution >= 0.6 is 0 Å². The lowest BCUT2D eigenvalue weighted by molar-refractivity contribution is -0.217. The van der Waals surface area contributed by atoms with E-state index in [0.717, 1.165) is 19.1 Å². The maximum absolute atomic E-state index is 14.5. The molecule has 1 aliphatic heterocycles. The lowest BCUT2D eigenvalue weighted by atomic mass is 9.79. The van der Waals surface area contributed by atoms with Gasteiger partial charge in [-0.2, -0.15) is 0 Å². The second kappa shape index (κ2) is 13.8. The number of hydrogen-bond acceptors (Lipinski definition) is 11. The normalized spacial score (nSPS) is 15.8. The molecule has 1 aliphatic rings. The molecule has 0 saturated carbocycles. The number of ketones is 1. The molecule has 1 aromatic carbocycles. The second-order valence-corrected chi connectivity index (χ2v) is 10.6. The summed E-state index contributed by atoms with van der Waals surface area (Å²) in [4.78, 5) is 69.9. The molecule has 13 nitrogen and oxygen atoms in total. The summed E-state index contributed by atoms with van der Waals surface area (Å²) in [6.45, 7) is 8.37. The SMILES string of the molecule is C=C[C@H]1c2c(OC)cccc2C(=O)CN1C(=O)[C@H](CC(C(=O)OC)(C(=O)OC)C(OC)OC)N(C)C(=O)OC(C)(C)C. The number of methoxy groups -OCH3 is 5. The summed E-state index contributed by atoms with van der Waals surface area (Å²) in [7, 11) is 7.14. The van der Waals surface area contributed by atoms with E-state index in [9.17, 15) is 24.0 Å². The van der Waals surface area contributed by atoms with Crippen LogP contribution in [0.25, 0.3) is 0 Å². The standard InChI is InChI=1S/C29H40N2O11/c1-11-18-22-17(13-12-14-21(22)37-6)20(32)16-31(18)23(33)19(30(5)27(36)42-28(2,3)4)15-29(24(34)38-7,25(35)39-8)26(40-9)41-10/h11-14,18-19,26H,1,15-16H2,2-10H3/t18-,19-/m0/s1. The van der Waals surface area contributed by atoms with E-state index in [4.69, 9.17) is 28.4 Å². The van der Waals surface area contributed by atoms with Gasteiger partial charge < -0.3 is 33.3 Å². The minimum atomic E-state index is -2.39. The van der Waals surface area contributed by atoms with E-state index >= 15 is 0 Å². The third kappa shape index (κ3) is 6.57. The van der Waals surface area contributed by atoms with Gasteiger partial charge >= 0.3 is 18.0 Å². The molecule has 0 aromatic heterocycles. The van der Waals surface area contributed by atoms with Gasteiger partial charge in [0.15, 0.2) is 12.1 Å². The van der Waals surface area contributed by atoms with Crippen molar-refractivity contribution in [2.75, 3.05) is 49.1 Å². The zero-order valence-electron chi connectivity index (χ0n) is 25.5. The van der Waals surface area contributed by atoms with Crippen molar-refractivity contribution in [1.29, 1.82) is 0 Å². The molecule has 0 fully saturated rings.